The van der Waals surface area contributed by atoms with Crippen LogP contribution in [0, 0.1) is 5.92 Å². The molecule has 0 aromatic heterocycles. The summed E-state index contributed by atoms with van der Waals surface area (Å²) in [5.41, 5.74) is -0.571. The predicted octanol–water partition coefficient (Wildman–Crippen LogP) is 2.56. The zero-order valence-corrected chi connectivity index (χ0v) is 15.2. The van der Waals surface area contributed by atoms with Gasteiger partial charge in [-0.2, -0.15) is 0 Å². The molecule has 6 nitrogen and oxygen atoms in total. The number of amides is 2. The van der Waals surface area contributed by atoms with Crippen LogP contribution in [0.25, 0.3) is 0 Å². The Labute approximate surface area is 139 Å². The minimum Gasteiger partial charge on any atom is -0.444 e. The van der Waals surface area contributed by atoms with Gasteiger partial charge in [-0.3, -0.25) is 9.69 Å². The summed E-state index contributed by atoms with van der Waals surface area (Å²) in [5.74, 6) is 0.218. The van der Waals surface area contributed by atoms with Crippen LogP contribution in [0.3, 0.4) is 0 Å². The summed E-state index contributed by atoms with van der Waals surface area (Å²) in [7, 11) is 0. The number of nitrogens with one attached hydrogen (secondary N) is 1. The van der Waals surface area contributed by atoms with Gasteiger partial charge in [-0.25, -0.2) is 4.79 Å². The average Bonchev–Trinajstić information content (AvgIpc) is 2.48. The smallest absolute Gasteiger partial charge is 0.410 e. The first kappa shape index (κ1) is 19.7. The van der Waals surface area contributed by atoms with Crippen molar-refractivity contribution in [3.63, 3.8) is 0 Å². The van der Waals surface area contributed by atoms with E-state index in [9.17, 15) is 9.59 Å². The van der Waals surface area contributed by atoms with Crippen molar-refractivity contribution >= 4 is 12.0 Å². The van der Waals surface area contributed by atoms with Crippen LogP contribution in [0.5, 0.6) is 0 Å². The zero-order valence-electron chi connectivity index (χ0n) is 15.2. The predicted molar refractivity (Wildman–Crippen MR) is 89.2 cm³/mol. The Morgan fingerprint density at radius 1 is 1.39 bits per heavy atom. The molecule has 0 bridgehead atoms. The van der Waals surface area contributed by atoms with Crippen LogP contribution in [-0.4, -0.2) is 54.8 Å². The van der Waals surface area contributed by atoms with Gasteiger partial charge < -0.3 is 14.8 Å². The standard InChI is InChI=1S/C17H32N2O4/c1-6-9-19(16(21)23-17(3,4)5)13(2)15(20)18-11-14-8-7-10-22-12-14/h13-14H,6-12H2,1-5H3,(H,18,20)/t13-,14-/m1/s1. The number of carbonyl (C=O) groups is 2. The molecule has 1 aliphatic heterocycles. The quantitative estimate of drug-likeness (QED) is 0.814. The van der Waals surface area contributed by atoms with Crippen molar-refractivity contribution in [2.45, 2.75) is 65.5 Å². The Morgan fingerprint density at radius 3 is 2.61 bits per heavy atom. The van der Waals surface area contributed by atoms with Gasteiger partial charge in [0.05, 0.1) is 6.61 Å². The molecule has 23 heavy (non-hydrogen) atoms. The van der Waals surface area contributed by atoms with Gasteiger partial charge in [0.15, 0.2) is 0 Å². The second-order valence-corrected chi connectivity index (χ2v) is 7.18. The largest absolute Gasteiger partial charge is 0.444 e. The molecule has 1 aliphatic rings. The number of hydrogen-bond donors (Lipinski definition) is 1. The minimum atomic E-state index is -0.571. The van der Waals surface area contributed by atoms with Gasteiger partial charge >= 0.3 is 6.09 Å². The van der Waals surface area contributed by atoms with Crippen LogP contribution in [0.2, 0.25) is 0 Å². The lowest BCUT2D eigenvalue weighted by atomic mass is 10.0. The third-order valence-electron chi connectivity index (χ3n) is 3.76. The molecule has 0 aromatic rings. The number of hydrogen-bond acceptors (Lipinski definition) is 4. The van der Waals surface area contributed by atoms with Crippen LogP contribution in [0.4, 0.5) is 4.79 Å². The molecule has 0 aromatic carbocycles. The van der Waals surface area contributed by atoms with E-state index < -0.39 is 17.7 Å². The van der Waals surface area contributed by atoms with E-state index in [-0.39, 0.29) is 5.91 Å². The van der Waals surface area contributed by atoms with Crippen molar-refractivity contribution in [3.05, 3.63) is 0 Å². The third kappa shape index (κ3) is 7.20. The highest BCUT2D eigenvalue weighted by molar-refractivity contribution is 5.85. The third-order valence-corrected chi connectivity index (χ3v) is 3.76. The molecule has 1 fully saturated rings. The van der Waals surface area contributed by atoms with Crippen molar-refractivity contribution < 1.29 is 19.1 Å². The molecule has 1 saturated heterocycles. The highest BCUT2D eigenvalue weighted by Gasteiger charge is 2.29. The van der Waals surface area contributed by atoms with Crippen LogP contribution in [0.15, 0.2) is 0 Å². The molecule has 0 saturated carbocycles. The van der Waals surface area contributed by atoms with E-state index in [0.717, 1.165) is 25.9 Å². The van der Waals surface area contributed by atoms with Crippen molar-refractivity contribution in [2.24, 2.45) is 5.92 Å². The van der Waals surface area contributed by atoms with E-state index >= 15 is 0 Å². The Bertz CT molecular complexity index is 387. The maximum atomic E-state index is 12.4. The lowest BCUT2D eigenvalue weighted by Gasteiger charge is -2.31. The van der Waals surface area contributed by atoms with Crippen molar-refractivity contribution in [1.82, 2.24) is 10.2 Å². The summed E-state index contributed by atoms with van der Waals surface area (Å²) < 4.78 is 10.8. The lowest BCUT2D eigenvalue weighted by Crippen LogP contribution is -2.50. The molecule has 1 heterocycles. The van der Waals surface area contributed by atoms with Crippen molar-refractivity contribution in [1.29, 1.82) is 0 Å². The molecule has 0 aliphatic carbocycles. The van der Waals surface area contributed by atoms with E-state index in [1.165, 1.54) is 4.90 Å². The van der Waals surface area contributed by atoms with E-state index in [0.29, 0.717) is 25.6 Å². The fourth-order valence-corrected chi connectivity index (χ4v) is 2.51. The molecule has 2 atom stereocenters. The van der Waals surface area contributed by atoms with Crippen molar-refractivity contribution in [3.8, 4) is 0 Å². The maximum Gasteiger partial charge on any atom is 0.410 e. The number of ether oxygens (including phenoxy) is 2. The molecule has 6 heteroatoms. The zero-order chi connectivity index (χ0) is 17.5. The van der Waals surface area contributed by atoms with Crippen molar-refractivity contribution in [2.75, 3.05) is 26.3 Å². The van der Waals surface area contributed by atoms with Crippen LogP contribution < -0.4 is 5.32 Å². The molecular weight excluding hydrogens is 296 g/mol. The Kier molecular flexibility index (Phi) is 7.82. The second kappa shape index (κ2) is 9.11. The van der Waals surface area contributed by atoms with Crippen LogP contribution in [-0.2, 0) is 14.3 Å². The second-order valence-electron chi connectivity index (χ2n) is 7.18. The normalized spacial score (nSPS) is 19.8. The van der Waals surface area contributed by atoms with E-state index in [4.69, 9.17) is 9.47 Å². The van der Waals surface area contributed by atoms with E-state index in [1.54, 1.807) is 6.92 Å². The first-order valence-electron chi connectivity index (χ1n) is 8.59. The molecule has 0 radical (unpaired) electrons. The minimum absolute atomic E-state index is 0.144. The van der Waals surface area contributed by atoms with E-state index in [2.05, 4.69) is 5.32 Å². The van der Waals surface area contributed by atoms with E-state index in [1.807, 2.05) is 27.7 Å². The Balaban J connectivity index is 2.55. The Hall–Kier alpha value is -1.30. The summed E-state index contributed by atoms with van der Waals surface area (Å²) >= 11 is 0. The lowest BCUT2D eigenvalue weighted by molar-refractivity contribution is -0.126. The van der Waals surface area contributed by atoms with Gasteiger partial charge in [0, 0.05) is 19.7 Å². The van der Waals surface area contributed by atoms with Gasteiger partial charge in [-0.05, 0) is 52.9 Å². The first-order valence-corrected chi connectivity index (χ1v) is 8.59. The maximum absolute atomic E-state index is 12.4. The molecule has 0 unspecified atom stereocenters. The highest BCUT2D eigenvalue weighted by Crippen LogP contribution is 2.14. The summed E-state index contributed by atoms with van der Waals surface area (Å²) in [5, 5.41) is 2.94. The highest BCUT2D eigenvalue weighted by atomic mass is 16.6. The van der Waals surface area contributed by atoms with Gasteiger partial charge in [-0.1, -0.05) is 6.92 Å². The summed E-state index contributed by atoms with van der Waals surface area (Å²) in [6, 6.07) is -0.547. The van der Waals surface area contributed by atoms with Gasteiger partial charge in [0.25, 0.3) is 0 Å². The summed E-state index contributed by atoms with van der Waals surface area (Å²) in [4.78, 5) is 26.2. The molecule has 1 rings (SSSR count). The fraction of sp³-hybridized carbons (Fsp3) is 0.882. The number of carbonyl (C=O) groups excluding carboxylic acids is 2. The van der Waals surface area contributed by atoms with Gasteiger partial charge in [0.1, 0.15) is 11.6 Å². The Morgan fingerprint density at radius 2 is 2.09 bits per heavy atom. The molecular formula is C17H32N2O4. The molecule has 134 valence electrons. The number of rotatable bonds is 6. The molecule has 0 spiro atoms. The van der Waals surface area contributed by atoms with Crippen LogP contribution in [0.1, 0.15) is 53.9 Å². The van der Waals surface area contributed by atoms with Crippen LogP contribution >= 0.6 is 0 Å². The summed E-state index contributed by atoms with van der Waals surface area (Å²) in [6.07, 6.45) is 2.44. The number of nitrogens with zero attached hydrogens (tertiary/aromatic N) is 1. The topological polar surface area (TPSA) is 67.9 Å². The fourth-order valence-electron chi connectivity index (χ4n) is 2.51. The average molecular weight is 328 g/mol. The molecule has 2 amide bonds. The van der Waals surface area contributed by atoms with Gasteiger partial charge in [0.2, 0.25) is 5.91 Å². The SMILES string of the molecule is CCCN(C(=O)OC(C)(C)C)[C@H](C)C(=O)NC[C@H]1CCCOC1. The summed E-state index contributed by atoms with van der Waals surface area (Å²) in [6.45, 7) is 11.8. The molecule has 1 N–H and O–H groups in total. The first-order chi connectivity index (χ1) is 10.7. The monoisotopic (exact) mass is 328 g/mol. The van der Waals surface area contributed by atoms with Gasteiger partial charge in [-0.15, -0.1) is 0 Å².